The molecule has 4 saturated carbocycles. The van der Waals surface area contributed by atoms with Crippen molar-refractivity contribution in [2.75, 3.05) is 26.4 Å². The molecule has 0 amide bonds. The largest absolute Gasteiger partial charge is 0.394 e. The highest BCUT2D eigenvalue weighted by Gasteiger charge is 2.72. The van der Waals surface area contributed by atoms with Crippen LogP contribution in [-0.2, 0) is 42.7 Å². The molecule has 0 aromatic heterocycles. The van der Waals surface area contributed by atoms with Gasteiger partial charge in [-0.25, -0.2) is 0 Å². The maximum absolute atomic E-state index is 14.6. The van der Waals surface area contributed by atoms with E-state index in [9.17, 15) is 50.8 Å². The lowest BCUT2D eigenvalue weighted by Gasteiger charge is -2.60. The molecule has 5 aliphatic heterocycles. The molecule has 0 radical (unpaired) electrons. The third-order valence-corrected chi connectivity index (χ3v) is 17.8. The van der Waals surface area contributed by atoms with Crippen LogP contribution in [0.1, 0.15) is 85.5 Å². The molecule has 5 heterocycles. The van der Waals surface area contributed by atoms with Crippen LogP contribution in [0, 0.1) is 52.3 Å². The Bertz CT molecular complexity index is 1600. The maximum Gasteiger partial charge on any atom is 0.187 e. The first-order valence-electron chi connectivity index (χ1n) is 23.2. The van der Waals surface area contributed by atoms with Crippen molar-refractivity contribution in [1.82, 2.24) is 0 Å². The molecule has 26 atom stereocenters. The van der Waals surface area contributed by atoms with Crippen LogP contribution in [0.2, 0.25) is 0 Å². The quantitative estimate of drug-likeness (QED) is 0.133. The molecule has 4 aliphatic carbocycles. The van der Waals surface area contributed by atoms with E-state index in [1.165, 1.54) is 0 Å². The van der Waals surface area contributed by atoms with Gasteiger partial charge in [-0.05, 0) is 80.0 Å². The van der Waals surface area contributed by atoms with Crippen molar-refractivity contribution >= 4 is 5.78 Å². The molecule has 9 aliphatic rings. The van der Waals surface area contributed by atoms with Crippen LogP contribution in [0.15, 0.2) is 0 Å². The average Bonchev–Trinajstić information content (AvgIpc) is 3.70. The molecule has 0 aromatic carbocycles. The summed E-state index contributed by atoms with van der Waals surface area (Å²) in [4.78, 5) is 14.6. The highest BCUT2D eigenvalue weighted by Crippen LogP contribution is 2.70. The van der Waals surface area contributed by atoms with Crippen LogP contribution in [0.5, 0.6) is 0 Å². The first kappa shape index (κ1) is 46.1. The van der Waals surface area contributed by atoms with Crippen LogP contribution in [0.3, 0.4) is 0 Å². The van der Waals surface area contributed by atoms with E-state index >= 15 is 0 Å². The Hall–Kier alpha value is -1.01. The number of aliphatic hydroxyl groups is 9. The van der Waals surface area contributed by atoms with Crippen molar-refractivity contribution in [2.24, 2.45) is 52.3 Å². The Balaban J connectivity index is 0.854. The number of rotatable bonds is 8. The summed E-state index contributed by atoms with van der Waals surface area (Å²) in [6, 6.07) is 0. The second-order valence-electron chi connectivity index (χ2n) is 20.9. The molecule has 18 nitrogen and oxygen atoms in total. The molecular weight excluding hydrogens is 816 g/mol. The summed E-state index contributed by atoms with van der Waals surface area (Å²) in [5, 5.41) is 95.8. The van der Waals surface area contributed by atoms with Gasteiger partial charge in [-0.2, -0.15) is 0 Å². The van der Waals surface area contributed by atoms with Crippen molar-refractivity contribution in [1.29, 1.82) is 0 Å². The van der Waals surface area contributed by atoms with Crippen LogP contribution in [0.4, 0.5) is 0 Å². The number of fused-ring (bicyclic) bond motifs is 7. The summed E-state index contributed by atoms with van der Waals surface area (Å²) in [5.41, 5.74) is -0.551. The van der Waals surface area contributed by atoms with Gasteiger partial charge in [0, 0.05) is 30.1 Å². The Kier molecular flexibility index (Phi) is 12.8. The fourth-order valence-electron chi connectivity index (χ4n) is 14.1. The van der Waals surface area contributed by atoms with Crippen molar-refractivity contribution in [3.63, 3.8) is 0 Å². The van der Waals surface area contributed by atoms with E-state index in [0.717, 1.165) is 38.5 Å². The third kappa shape index (κ3) is 7.38. The second kappa shape index (κ2) is 17.3. The van der Waals surface area contributed by atoms with E-state index in [1.807, 2.05) is 0 Å². The molecular formula is C44H70O18. The normalized spacial score (nSPS) is 57.8. The van der Waals surface area contributed by atoms with Gasteiger partial charge in [-0.1, -0.05) is 27.7 Å². The van der Waals surface area contributed by atoms with Gasteiger partial charge in [0.25, 0.3) is 0 Å². The minimum absolute atomic E-state index is 0.0168. The zero-order chi connectivity index (χ0) is 44.2. The number of carbonyl (C=O) groups excluding carboxylic acids is 1. The van der Waals surface area contributed by atoms with E-state index in [-0.39, 0.29) is 47.2 Å². The minimum atomic E-state index is -1.86. The number of hydrogen-bond acceptors (Lipinski definition) is 18. The number of carbonyl (C=O) groups is 1. The van der Waals surface area contributed by atoms with Crippen LogP contribution in [0.25, 0.3) is 0 Å². The summed E-state index contributed by atoms with van der Waals surface area (Å²) in [6.07, 6.45) is -15.2. The highest BCUT2D eigenvalue weighted by molar-refractivity contribution is 5.87. The SMILES string of the molecule is CC1CCC2(OC1)OC1CC3C4CCC5CC(O[C@@H]6O[C@H](CO)[C@@H](O)[C@H](O[C@@H]7O[C@H](CO)[C@@H](O)[C@H](O[C@@H]8OC[C@@H](O)[C@H](O)[C@@H]8O)[C@H]7O)[C@H]6O)CC[C@]5(C)C4CC(=O)[C@]3(C)C1C2C. The molecule has 0 aromatic rings. The summed E-state index contributed by atoms with van der Waals surface area (Å²) in [7, 11) is 0. The van der Waals surface area contributed by atoms with E-state index < -0.39 is 117 Å². The smallest absolute Gasteiger partial charge is 0.187 e. The first-order valence-corrected chi connectivity index (χ1v) is 23.2. The van der Waals surface area contributed by atoms with Crippen molar-refractivity contribution in [2.45, 2.75) is 189 Å². The number of ketones is 1. The Morgan fingerprint density at radius 2 is 1.34 bits per heavy atom. The number of ether oxygens (including phenoxy) is 8. The van der Waals surface area contributed by atoms with E-state index in [4.69, 9.17) is 37.9 Å². The summed E-state index contributed by atoms with van der Waals surface area (Å²) >= 11 is 0. The predicted molar refractivity (Wildman–Crippen MR) is 210 cm³/mol. The zero-order valence-corrected chi connectivity index (χ0v) is 36.2. The highest BCUT2D eigenvalue weighted by atomic mass is 16.8. The van der Waals surface area contributed by atoms with Gasteiger partial charge in [0.2, 0.25) is 0 Å². The van der Waals surface area contributed by atoms with E-state index in [0.29, 0.717) is 43.5 Å². The second-order valence-corrected chi connectivity index (χ2v) is 20.9. The Labute approximate surface area is 362 Å². The average molecular weight is 887 g/mol. The number of Topliss-reactive ketones (excluding diaryl/α,β-unsaturated/α-hetero) is 1. The van der Waals surface area contributed by atoms with Gasteiger partial charge in [-0.15, -0.1) is 0 Å². The number of aliphatic hydroxyl groups excluding tert-OH is 9. The molecule has 9 N–H and O–H groups in total. The lowest BCUT2D eigenvalue weighted by molar-refractivity contribution is -0.379. The molecule has 10 unspecified atom stereocenters. The zero-order valence-electron chi connectivity index (χ0n) is 36.2. The topological polar surface area (TPSA) is 273 Å². The lowest BCUT2D eigenvalue weighted by atomic mass is 9.44. The Morgan fingerprint density at radius 1 is 0.694 bits per heavy atom. The van der Waals surface area contributed by atoms with Gasteiger partial charge < -0.3 is 83.9 Å². The first-order chi connectivity index (χ1) is 29.4. The number of hydrogen-bond donors (Lipinski definition) is 9. The molecule has 0 bridgehead atoms. The molecule has 1 spiro atoms. The maximum atomic E-state index is 14.6. The van der Waals surface area contributed by atoms with Gasteiger partial charge in [0.05, 0.1) is 38.6 Å². The van der Waals surface area contributed by atoms with Crippen molar-refractivity contribution in [3.8, 4) is 0 Å². The summed E-state index contributed by atoms with van der Waals surface area (Å²) in [5.74, 6) is 1.68. The summed E-state index contributed by atoms with van der Waals surface area (Å²) in [6.45, 7) is 7.86. The molecule has 18 heteroatoms. The monoisotopic (exact) mass is 886 g/mol. The van der Waals surface area contributed by atoms with Crippen molar-refractivity contribution < 1.29 is 88.6 Å². The molecule has 9 rings (SSSR count). The Morgan fingerprint density at radius 3 is 1.97 bits per heavy atom. The van der Waals surface area contributed by atoms with E-state index in [2.05, 4.69) is 27.7 Å². The fourth-order valence-corrected chi connectivity index (χ4v) is 14.1. The standard InChI is InChI=1S/C44H70O18/c1-18-7-10-44(56-16-18)19(2)30-26(62-44)12-24-22-6-5-20-11-21(8-9-42(20,3)23(22)13-29(48)43(24,30)4)57-40-35(53)38(33(51)27(14-45)58-40)61-41-36(54)37(32(50)28(15-46)59-41)60-39-34(52)31(49)25(47)17-55-39/h18-28,30-41,45-47,49-54H,5-17H2,1-4H3/t18?,19?,20?,21?,22?,23?,24?,25-,26?,27-,28-,30?,31+,32-,33-,34+,35-,36-,37+,38+,39+,40-,41+,42+,43-,44?/m1/s1. The third-order valence-electron chi connectivity index (χ3n) is 17.8. The van der Waals surface area contributed by atoms with Gasteiger partial charge in [0.1, 0.15) is 72.9 Å². The van der Waals surface area contributed by atoms with E-state index in [1.54, 1.807) is 0 Å². The molecule has 5 saturated heterocycles. The van der Waals surface area contributed by atoms with Gasteiger partial charge in [-0.3, -0.25) is 4.79 Å². The summed E-state index contributed by atoms with van der Waals surface area (Å²) < 4.78 is 48.3. The van der Waals surface area contributed by atoms with Crippen LogP contribution < -0.4 is 0 Å². The van der Waals surface area contributed by atoms with Gasteiger partial charge >= 0.3 is 0 Å². The lowest BCUT2D eigenvalue weighted by Crippen LogP contribution is -2.66. The van der Waals surface area contributed by atoms with Gasteiger partial charge in [0.15, 0.2) is 24.7 Å². The van der Waals surface area contributed by atoms with Crippen molar-refractivity contribution in [3.05, 3.63) is 0 Å². The van der Waals surface area contributed by atoms with Crippen LogP contribution >= 0.6 is 0 Å². The van der Waals surface area contributed by atoms with Crippen LogP contribution in [-0.4, -0.2) is 182 Å². The fraction of sp³-hybridized carbons (Fsp3) is 0.977. The molecule has 9 fully saturated rings. The predicted octanol–water partition coefficient (Wildman–Crippen LogP) is -0.915. The molecule has 354 valence electrons. The minimum Gasteiger partial charge on any atom is -0.394 e. The molecule has 62 heavy (non-hydrogen) atoms.